The average Bonchev–Trinajstić information content (AvgIpc) is 2.87. The van der Waals surface area contributed by atoms with Gasteiger partial charge in [0, 0.05) is 31.5 Å². The van der Waals surface area contributed by atoms with Crippen LogP contribution in [0.2, 0.25) is 0 Å². The molecule has 0 aliphatic rings. The summed E-state index contributed by atoms with van der Waals surface area (Å²) in [7, 11) is -2.65. The number of esters is 1. The Morgan fingerprint density at radius 2 is 1.67 bits per heavy atom. The summed E-state index contributed by atoms with van der Waals surface area (Å²) in [5, 5.41) is 0. The Hall–Kier alpha value is -3.51. The zero-order valence-electron chi connectivity index (χ0n) is 21.1. The molecule has 0 aromatic heterocycles. The number of rotatable bonds is 11. The number of hydrogen-bond donors (Lipinski definition) is 0. The lowest BCUT2D eigenvalue weighted by Crippen LogP contribution is -2.26. The van der Waals surface area contributed by atoms with E-state index in [9.17, 15) is 35.2 Å². The summed E-state index contributed by atoms with van der Waals surface area (Å²) < 4.78 is 102. The highest BCUT2D eigenvalue weighted by atomic mass is 32.2. The largest absolute Gasteiger partial charge is 0.494 e. The quantitative estimate of drug-likeness (QED) is 0.168. The lowest BCUT2D eigenvalue weighted by Gasteiger charge is -2.24. The van der Waals surface area contributed by atoms with Gasteiger partial charge in [0.15, 0.2) is 9.84 Å². The van der Waals surface area contributed by atoms with Gasteiger partial charge >= 0.3 is 12.1 Å². The minimum Gasteiger partial charge on any atom is -0.494 e. The molecule has 0 spiro atoms. The highest BCUT2D eigenvalue weighted by molar-refractivity contribution is 7.90. The molecule has 3 rings (SSSR count). The van der Waals surface area contributed by atoms with Crippen LogP contribution in [0.25, 0.3) is 0 Å². The molecule has 210 valence electrons. The Morgan fingerprint density at radius 3 is 2.28 bits per heavy atom. The number of carbonyl (C=O) groups excluding carboxylic acids is 1. The van der Waals surface area contributed by atoms with Gasteiger partial charge in [0.25, 0.3) is 0 Å². The van der Waals surface area contributed by atoms with Crippen LogP contribution in [0.5, 0.6) is 5.75 Å². The van der Waals surface area contributed by atoms with Crippen molar-refractivity contribution in [2.24, 2.45) is 0 Å². The zero-order valence-corrected chi connectivity index (χ0v) is 21.9. The monoisotopic (exact) mass is 571 g/mol. The van der Waals surface area contributed by atoms with Gasteiger partial charge in [-0.2, -0.15) is 13.2 Å². The number of benzene rings is 3. The number of methoxy groups -OCH3 is 1. The second-order valence-electron chi connectivity index (χ2n) is 8.74. The lowest BCUT2D eigenvalue weighted by atomic mass is 10.1. The maximum absolute atomic E-state index is 14.7. The Labute approximate surface area is 222 Å². The zero-order chi connectivity index (χ0) is 28.8. The summed E-state index contributed by atoms with van der Waals surface area (Å²) in [6.45, 7) is 0.374. The van der Waals surface area contributed by atoms with Crippen molar-refractivity contribution in [3.05, 3.63) is 94.6 Å². The van der Waals surface area contributed by atoms with Crippen molar-refractivity contribution in [3.63, 3.8) is 0 Å². The summed E-state index contributed by atoms with van der Waals surface area (Å²) in [4.78, 5) is 13.3. The van der Waals surface area contributed by atoms with Crippen molar-refractivity contribution in [1.29, 1.82) is 0 Å². The van der Waals surface area contributed by atoms with Gasteiger partial charge in [-0.05, 0) is 48.4 Å². The molecule has 39 heavy (non-hydrogen) atoms. The highest BCUT2D eigenvalue weighted by Gasteiger charge is 2.35. The van der Waals surface area contributed by atoms with Gasteiger partial charge in [-0.15, -0.1) is 0 Å². The molecule has 0 atom stereocenters. The molecule has 0 heterocycles. The first kappa shape index (κ1) is 30.0. The molecule has 0 aliphatic heterocycles. The van der Waals surface area contributed by atoms with Crippen LogP contribution in [0.1, 0.15) is 33.5 Å². The topological polar surface area (TPSA) is 72.9 Å². The molecule has 12 heteroatoms. The number of hydrogen-bond acceptors (Lipinski definition) is 6. The standard InChI is InChI=1S/C27H26F5NO5S/c1-37-26(34)22-12-11-21(15-24(22)39(2,35)36)38-14-4-13-33(16-18-7-9-20(28)10-8-18)17-19-5-3-6-23(25(19)29)27(30,31)32/h3,5-12,15H,4,13-14,16-17H2,1-2H3. The molecular formula is C27H26F5NO5S. The van der Waals surface area contributed by atoms with Crippen LogP contribution in [0, 0.1) is 11.6 Å². The summed E-state index contributed by atoms with van der Waals surface area (Å²) in [6.07, 6.45) is -3.57. The van der Waals surface area contributed by atoms with E-state index in [1.165, 1.54) is 48.5 Å². The molecule has 3 aromatic carbocycles. The number of alkyl halides is 3. The Morgan fingerprint density at radius 1 is 0.974 bits per heavy atom. The van der Waals surface area contributed by atoms with Gasteiger partial charge in [0.1, 0.15) is 17.4 Å². The van der Waals surface area contributed by atoms with Gasteiger partial charge in [0.05, 0.1) is 29.7 Å². The van der Waals surface area contributed by atoms with Crippen molar-refractivity contribution < 1.29 is 44.6 Å². The van der Waals surface area contributed by atoms with Crippen LogP contribution in [0.3, 0.4) is 0 Å². The molecule has 0 bridgehead atoms. The van der Waals surface area contributed by atoms with Crippen molar-refractivity contribution in [2.45, 2.75) is 30.6 Å². The molecule has 0 radical (unpaired) electrons. The minimum absolute atomic E-state index is 0.0752. The lowest BCUT2D eigenvalue weighted by molar-refractivity contribution is -0.140. The maximum Gasteiger partial charge on any atom is 0.419 e. The van der Waals surface area contributed by atoms with E-state index in [0.29, 0.717) is 18.1 Å². The smallest absolute Gasteiger partial charge is 0.419 e. The van der Waals surface area contributed by atoms with E-state index >= 15 is 0 Å². The van der Waals surface area contributed by atoms with Crippen LogP contribution in [-0.4, -0.2) is 45.8 Å². The molecule has 0 fully saturated rings. The first-order valence-corrected chi connectivity index (χ1v) is 13.6. The molecule has 6 nitrogen and oxygen atoms in total. The molecule has 0 N–H and O–H groups in total. The summed E-state index contributed by atoms with van der Waals surface area (Å²) in [5.74, 6) is -2.45. The summed E-state index contributed by atoms with van der Waals surface area (Å²) in [6, 6.07) is 12.5. The first-order valence-electron chi connectivity index (χ1n) is 11.7. The normalized spacial score (nSPS) is 12.0. The van der Waals surface area contributed by atoms with E-state index in [2.05, 4.69) is 4.74 Å². The Kier molecular flexibility index (Phi) is 9.68. The van der Waals surface area contributed by atoms with E-state index < -0.39 is 39.2 Å². The third-order valence-electron chi connectivity index (χ3n) is 5.74. The highest BCUT2D eigenvalue weighted by Crippen LogP contribution is 2.33. The van der Waals surface area contributed by atoms with Crippen molar-refractivity contribution in [1.82, 2.24) is 4.90 Å². The molecule has 3 aromatic rings. The number of halogens is 5. The predicted molar refractivity (Wildman–Crippen MR) is 133 cm³/mol. The fourth-order valence-electron chi connectivity index (χ4n) is 3.88. The van der Waals surface area contributed by atoms with Crippen molar-refractivity contribution >= 4 is 15.8 Å². The van der Waals surface area contributed by atoms with Gasteiger partial charge in [-0.3, -0.25) is 4.90 Å². The average molecular weight is 572 g/mol. The van der Waals surface area contributed by atoms with Crippen LogP contribution >= 0.6 is 0 Å². The van der Waals surface area contributed by atoms with Gasteiger partial charge < -0.3 is 9.47 Å². The number of nitrogens with zero attached hydrogens (tertiary/aromatic N) is 1. The fraction of sp³-hybridized carbons (Fsp3) is 0.296. The van der Waals surface area contributed by atoms with E-state index in [4.69, 9.17) is 4.74 Å². The van der Waals surface area contributed by atoms with E-state index in [1.54, 1.807) is 4.90 Å². The predicted octanol–water partition coefficient (Wildman–Crippen LogP) is 5.65. The van der Waals surface area contributed by atoms with E-state index in [-0.39, 0.29) is 48.0 Å². The van der Waals surface area contributed by atoms with Crippen LogP contribution in [0.15, 0.2) is 65.6 Å². The fourth-order valence-corrected chi connectivity index (χ4v) is 4.76. The summed E-state index contributed by atoms with van der Waals surface area (Å²) >= 11 is 0. The van der Waals surface area contributed by atoms with Crippen LogP contribution < -0.4 is 4.74 Å². The molecule has 0 amide bonds. The van der Waals surface area contributed by atoms with Crippen molar-refractivity contribution in [2.75, 3.05) is 26.5 Å². The van der Waals surface area contributed by atoms with E-state index in [0.717, 1.165) is 19.4 Å². The second kappa shape index (κ2) is 12.6. The molecule has 0 unspecified atom stereocenters. The first-order chi connectivity index (χ1) is 18.3. The summed E-state index contributed by atoms with van der Waals surface area (Å²) in [5.41, 5.74) is -0.979. The minimum atomic E-state index is -4.84. The van der Waals surface area contributed by atoms with Crippen LogP contribution in [-0.2, 0) is 33.8 Å². The van der Waals surface area contributed by atoms with Gasteiger partial charge in [0.2, 0.25) is 0 Å². The van der Waals surface area contributed by atoms with E-state index in [1.807, 2.05) is 0 Å². The SMILES string of the molecule is COC(=O)c1ccc(OCCCN(Cc2ccc(F)cc2)Cc2cccc(C(F)(F)F)c2F)cc1S(C)(=O)=O. The molecule has 0 saturated heterocycles. The second-order valence-corrected chi connectivity index (χ2v) is 10.7. The van der Waals surface area contributed by atoms with Crippen LogP contribution in [0.4, 0.5) is 22.0 Å². The van der Waals surface area contributed by atoms with Gasteiger partial charge in [-0.1, -0.05) is 24.3 Å². The molecule has 0 saturated carbocycles. The third-order valence-corrected chi connectivity index (χ3v) is 6.88. The molecule has 0 aliphatic carbocycles. The number of carbonyl (C=O) groups is 1. The Balaban J connectivity index is 1.74. The van der Waals surface area contributed by atoms with Gasteiger partial charge in [-0.25, -0.2) is 22.0 Å². The number of ether oxygens (including phenoxy) is 2. The third kappa shape index (κ3) is 8.24. The van der Waals surface area contributed by atoms with Crippen molar-refractivity contribution in [3.8, 4) is 5.75 Å². The maximum atomic E-state index is 14.7. The Bertz CT molecular complexity index is 1410. The number of sulfone groups is 1. The molecular weight excluding hydrogens is 545 g/mol.